The van der Waals surface area contributed by atoms with E-state index in [1.165, 1.54) is 36.9 Å². The lowest BCUT2D eigenvalue weighted by Crippen LogP contribution is -2.28. The Kier molecular flexibility index (Phi) is 4.06. The molecule has 1 fully saturated rings. The van der Waals surface area contributed by atoms with Crippen molar-refractivity contribution in [2.24, 2.45) is 5.73 Å². The summed E-state index contributed by atoms with van der Waals surface area (Å²) in [5.74, 6) is 0. The first kappa shape index (κ1) is 12.4. The van der Waals surface area contributed by atoms with Gasteiger partial charge in [0.1, 0.15) is 0 Å². The average Bonchev–Trinajstić information content (AvgIpc) is 2.91. The Labute approximate surface area is 105 Å². The van der Waals surface area contributed by atoms with E-state index in [-0.39, 0.29) is 6.04 Å². The molecule has 2 rings (SSSR count). The Morgan fingerprint density at radius 1 is 1.24 bits per heavy atom. The van der Waals surface area contributed by atoms with Gasteiger partial charge in [0.05, 0.1) is 0 Å². The van der Waals surface area contributed by atoms with Gasteiger partial charge in [0.25, 0.3) is 0 Å². The van der Waals surface area contributed by atoms with Crippen LogP contribution in [0.25, 0.3) is 0 Å². The molecule has 1 aromatic carbocycles. The van der Waals surface area contributed by atoms with Crippen molar-refractivity contribution in [2.75, 3.05) is 11.9 Å². The van der Waals surface area contributed by atoms with Crippen molar-refractivity contribution in [1.82, 2.24) is 0 Å². The average molecular weight is 232 g/mol. The monoisotopic (exact) mass is 232 g/mol. The molecule has 2 N–H and O–H groups in total. The van der Waals surface area contributed by atoms with Crippen molar-refractivity contribution in [3.8, 4) is 0 Å². The van der Waals surface area contributed by atoms with Crippen LogP contribution in [0.5, 0.6) is 0 Å². The summed E-state index contributed by atoms with van der Waals surface area (Å²) in [6.07, 6.45) is 6.44. The first-order chi connectivity index (χ1) is 8.22. The van der Waals surface area contributed by atoms with Gasteiger partial charge in [-0.1, -0.05) is 31.9 Å². The molecule has 94 valence electrons. The topological polar surface area (TPSA) is 29.3 Å². The number of hydrogen-bond acceptors (Lipinski definition) is 2. The molecule has 0 saturated heterocycles. The summed E-state index contributed by atoms with van der Waals surface area (Å²) in [4.78, 5) is 2.42. The zero-order valence-electron chi connectivity index (χ0n) is 11.0. The lowest BCUT2D eigenvalue weighted by atomic mass is 10.0. The number of benzene rings is 1. The van der Waals surface area contributed by atoms with Gasteiger partial charge < -0.3 is 10.6 Å². The van der Waals surface area contributed by atoms with Crippen LogP contribution in [0.3, 0.4) is 0 Å². The highest BCUT2D eigenvalue weighted by molar-refractivity contribution is 5.48. The maximum absolute atomic E-state index is 6.03. The Bertz CT molecular complexity index is 338. The molecule has 1 saturated carbocycles. The molecule has 0 bridgehead atoms. The Balaban J connectivity index is 2.06. The minimum absolute atomic E-state index is 0.181. The summed E-state index contributed by atoms with van der Waals surface area (Å²) in [6.45, 7) is 2.13. The molecule has 0 spiro atoms. The summed E-state index contributed by atoms with van der Waals surface area (Å²) in [5, 5.41) is 0. The highest BCUT2D eigenvalue weighted by atomic mass is 15.1. The van der Waals surface area contributed by atoms with Crippen LogP contribution in [-0.2, 0) is 0 Å². The third-order valence-electron chi connectivity index (χ3n) is 4.04. The van der Waals surface area contributed by atoms with Crippen LogP contribution in [-0.4, -0.2) is 13.1 Å². The van der Waals surface area contributed by atoms with Crippen LogP contribution in [0.15, 0.2) is 24.3 Å². The minimum Gasteiger partial charge on any atom is -0.372 e. The SMILES string of the molecule is CC[C@H](N)c1ccc(N(C)C2CCCC2)cc1. The van der Waals surface area contributed by atoms with Gasteiger partial charge in [-0.2, -0.15) is 0 Å². The summed E-state index contributed by atoms with van der Waals surface area (Å²) in [5.41, 5.74) is 8.60. The fourth-order valence-corrected chi connectivity index (χ4v) is 2.69. The smallest absolute Gasteiger partial charge is 0.0366 e. The zero-order chi connectivity index (χ0) is 12.3. The van der Waals surface area contributed by atoms with Crippen molar-refractivity contribution >= 4 is 5.69 Å². The molecule has 0 aliphatic heterocycles. The molecular formula is C15H24N2. The zero-order valence-corrected chi connectivity index (χ0v) is 11.0. The van der Waals surface area contributed by atoms with Crippen molar-refractivity contribution in [3.63, 3.8) is 0 Å². The molecule has 2 nitrogen and oxygen atoms in total. The Hall–Kier alpha value is -1.02. The van der Waals surface area contributed by atoms with Crippen LogP contribution >= 0.6 is 0 Å². The maximum atomic E-state index is 6.03. The number of anilines is 1. The van der Waals surface area contributed by atoms with Crippen LogP contribution in [0.1, 0.15) is 50.6 Å². The molecule has 2 heteroatoms. The summed E-state index contributed by atoms with van der Waals surface area (Å²) >= 11 is 0. The first-order valence-electron chi connectivity index (χ1n) is 6.80. The van der Waals surface area contributed by atoms with Crippen molar-refractivity contribution in [2.45, 2.75) is 51.1 Å². The van der Waals surface area contributed by atoms with Gasteiger partial charge in [-0.3, -0.25) is 0 Å². The lowest BCUT2D eigenvalue weighted by molar-refractivity contribution is 0.652. The molecule has 0 unspecified atom stereocenters. The first-order valence-corrected chi connectivity index (χ1v) is 6.80. The van der Waals surface area contributed by atoms with Crippen LogP contribution < -0.4 is 10.6 Å². The lowest BCUT2D eigenvalue weighted by Gasteiger charge is -2.27. The molecule has 1 aliphatic carbocycles. The number of rotatable bonds is 4. The standard InChI is InChI=1S/C15H24N2/c1-3-15(16)12-8-10-14(11-9-12)17(2)13-6-4-5-7-13/h8-11,13,15H,3-7,16H2,1-2H3/t15-/m0/s1. The van der Waals surface area contributed by atoms with E-state index in [0.29, 0.717) is 0 Å². The van der Waals surface area contributed by atoms with E-state index < -0.39 is 0 Å². The van der Waals surface area contributed by atoms with E-state index in [1.54, 1.807) is 0 Å². The van der Waals surface area contributed by atoms with E-state index in [4.69, 9.17) is 5.73 Å². The Morgan fingerprint density at radius 3 is 2.35 bits per heavy atom. The summed E-state index contributed by atoms with van der Waals surface area (Å²) in [7, 11) is 2.21. The highest BCUT2D eigenvalue weighted by Crippen LogP contribution is 2.27. The summed E-state index contributed by atoms with van der Waals surface area (Å²) < 4.78 is 0. The van der Waals surface area contributed by atoms with E-state index in [0.717, 1.165) is 12.5 Å². The number of nitrogens with zero attached hydrogens (tertiary/aromatic N) is 1. The van der Waals surface area contributed by atoms with E-state index in [2.05, 4.69) is 43.1 Å². The second kappa shape index (κ2) is 5.54. The van der Waals surface area contributed by atoms with Gasteiger partial charge >= 0.3 is 0 Å². The van der Waals surface area contributed by atoms with Crippen LogP contribution in [0.4, 0.5) is 5.69 Å². The second-order valence-corrected chi connectivity index (χ2v) is 5.16. The molecule has 1 aliphatic rings. The van der Waals surface area contributed by atoms with Gasteiger partial charge in [0, 0.05) is 24.8 Å². The molecular weight excluding hydrogens is 208 g/mol. The fourth-order valence-electron chi connectivity index (χ4n) is 2.69. The molecule has 0 radical (unpaired) electrons. The Morgan fingerprint density at radius 2 is 1.82 bits per heavy atom. The van der Waals surface area contributed by atoms with Crippen molar-refractivity contribution < 1.29 is 0 Å². The molecule has 17 heavy (non-hydrogen) atoms. The van der Waals surface area contributed by atoms with Gasteiger partial charge in [0.2, 0.25) is 0 Å². The predicted octanol–water partition coefficient (Wildman–Crippen LogP) is 3.48. The summed E-state index contributed by atoms with van der Waals surface area (Å²) in [6, 6.07) is 9.69. The fraction of sp³-hybridized carbons (Fsp3) is 0.600. The second-order valence-electron chi connectivity index (χ2n) is 5.16. The molecule has 1 aromatic rings. The quantitative estimate of drug-likeness (QED) is 0.861. The normalized spacial score (nSPS) is 18.3. The van der Waals surface area contributed by atoms with Gasteiger partial charge in [-0.15, -0.1) is 0 Å². The highest BCUT2D eigenvalue weighted by Gasteiger charge is 2.19. The van der Waals surface area contributed by atoms with Gasteiger partial charge in [-0.25, -0.2) is 0 Å². The van der Waals surface area contributed by atoms with Gasteiger partial charge in [0.15, 0.2) is 0 Å². The van der Waals surface area contributed by atoms with Crippen molar-refractivity contribution in [3.05, 3.63) is 29.8 Å². The predicted molar refractivity (Wildman–Crippen MR) is 74.3 cm³/mol. The van der Waals surface area contributed by atoms with Crippen LogP contribution in [0, 0.1) is 0 Å². The largest absolute Gasteiger partial charge is 0.372 e. The van der Waals surface area contributed by atoms with E-state index in [1.807, 2.05) is 0 Å². The minimum atomic E-state index is 0.181. The van der Waals surface area contributed by atoms with E-state index in [9.17, 15) is 0 Å². The molecule has 0 aromatic heterocycles. The third-order valence-corrected chi connectivity index (χ3v) is 4.04. The maximum Gasteiger partial charge on any atom is 0.0366 e. The number of nitrogens with two attached hydrogens (primary N) is 1. The third kappa shape index (κ3) is 2.81. The van der Waals surface area contributed by atoms with E-state index >= 15 is 0 Å². The number of hydrogen-bond donors (Lipinski definition) is 1. The van der Waals surface area contributed by atoms with Gasteiger partial charge in [-0.05, 0) is 37.0 Å². The molecule has 0 amide bonds. The molecule has 1 atom stereocenters. The van der Waals surface area contributed by atoms with Crippen molar-refractivity contribution in [1.29, 1.82) is 0 Å². The molecule has 0 heterocycles. The van der Waals surface area contributed by atoms with Crippen LogP contribution in [0.2, 0.25) is 0 Å².